The summed E-state index contributed by atoms with van der Waals surface area (Å²) < 4.78 is 52.0. The standard InChI is InChI=1S/C20H17F4N7O/c21-13-1-2-14(16(7-13)31-27-3-4-28-31)18(32)30-10-11-5-15(17(30)6-11)29-19-25-8-12(9-26-19)20(22,23)24/h1-4,7-9,11,15,17H,5-6,10H2,(H,25,26,29)/t11-,15-,17+/m1/s1. The van der Waals surface area contributed by atoms with Crippen LogP contribution in [0, 0.1) is 11.7 Å². The first kappa shape index (κ1) is 20.3. The number of nitrogens with zero attached hydrogens (tertiary/aromatic N) is 6. The zero-order valence-electron chi connectivity index (χ0n) is 16.5. The summed E-state index contributed by atoms with van der Waals surface area (Å²) in [6, 6.07) is 3.42. The molecular formula is C20H17F4N7O. The number of hydrogen-bond acceptors (Lipinski definition) is 6. The molecule has 166 valence electrons. The molecule has 1 aromatic carbocycles. The first-order valence-electron chi connectivity index (χ1n) is 9.92. The van der Waals surface area contributed by atoms with Gasteiger partial charge >= 0.3 is 6.18 Å². The van der Waals surface area contributed by atoms with Crippen LogP contribution in [0.2, 0.25) is 0 Å². The van der Waals surface area contributed by atoms with Gasteiger partial charge in [0.1, 0.15) is 11.5 Å². The predicted molar refractivity (Wildman–Crippen MR) is 103 cm³/mol. The highest BCUT2D eigenvalue weighted by Gasteiger charge is 2.47. The highest BCUT2D eigenvalue weighted by Crippen LogP contribution is 2.40. The molecule has 32 heavy (non-hydrogen) atoms. The number of aromatic nitrogens is 5. The Bertz CT molecular complexity index is 1130. The third kappa shape index (κ3) is 3.65. The Morgan fingerprint density at radius 2 is 1.81 bits per heavy atom. The van der Waals surface area contributed by atoms with Crippen LogP contribution >= 0.6 is 0 Å². The van der Waals surface area contributed by atoms with E-state index >= 15 is 0 Å². The fourth-order valence-corrected chi connectivity index (χ4v) is 4.47. The number of halogens is 4. The normalized spacial score (nSPS) is 22.4. The molecule has 1 aliphatic heterocycles. The lowest BCUT2D eigenvalue weighted by Crippen LogP contribution is -2.48. The first-order valence-corrected chi connectivity index (χ1v) is 9.92. The quantitative estimate of drug-likeness (QED) is 0.619. The van der Waals surface area contributed by atoms with Crippen LogP contribution < -0.4 is 5.32 Å². The van der Waals surface area contributed by atoms with Crippen molar-refractivity contribution in [1.29, 1.82) is 0 Å². The molecule has 0 radical (unpaired) electrons. The summed E-state index contributed by atoms with van der Waals surface area (Å²) in [7, 11) is 0. The molecule has 8 nitrogen and oxygen atoms in total. The summed E-state index contributed by atoms with van der Waals surface area (Å²) in [4.78, 5) is 23.8. The van der Waals surface area contributed by atoms with Gasteiger partial charge in [0.05, 0.1) is 29.6 Å². The summed E-state index contributed by atoms with van der Waals surface area (Å²) >= 11 is 0. The second-order valence-electron chi connectivity index (χ2n) is 7.89. The number of nitrogens with one attached hydrogen (secondary N) is 1. The Kier molecular flexibility index (Phi) is 4.79. The molecule has 2 aliphatic rings. The number of fused-ring (bicyclic) bond motifs is 2. The molecule has 0 spiro atoms. The van der Waals surface area contributed by atoms with E-state index in [0.29, 0.717) is 6.54 Å². The first-order chi connectivity index (χ1) is 15.3. The number of likely N-dealkylation sites (tertiary alicyclic amines) is 1. The number of carbonyl (C=O) groups excluding carboxylic acids is 1. The average molecular weight is 447 g/mol. The van der Waals surface area contributed by atoms with Gasteiger partial charge in [0.25, 0.3) is 5.91 Å². The van der Waals surface area contributed by atoms with Crippen molar-refractivity contribution in [3.63, 3.8) is 0 Å². The van der Waals surface area contributed by atoms with Crippen LogP contribution in [-0.2, 0) is 6.18 Å². The molecule has 3 aromatic rings. The van der Waals surface area contributed by atoms with Gasteiger partial charge in [-0.3, -0.25) is 4.79 Å². The zero-order valence-corrected chi connectivity index (χ0v) is 16.5. The molecule has 1 N–H and O–H groups in total. The summed E-state index contributed by atoms with van der Waals surface area (Å²) in [5, 5.41) is 11.1. The number of anilines is 1. The third-order valence-electron chi connectivity index (χ3n) is 5.86. The van der Waals surface area contributed by atoms with Gasteiger partial charge in [-0.1, -0.05) is 0 Å². The van der Waals surface area contributed by atoms with Crippen molar-refractivity contribution in [3.05, 3.63) is 59.9 Å². The van der Waals surface area contributed by atoms with Crippen molar-refractivity contribution in [2.24, 2.45) is 5.92 Å². The van der Waals surface area contributed by atoms with Crippen LogP contribution in [0.3, 0.4) is 0 Å². The second-order valence-corrected chi connectivity index (χ2v) is 7.89. The lowest BCUT2D eigenvalue weighted by molar-refractivity contribution is -0.138. The second kappa shape index (κ2) is 7.53. The highest BCUT2D eigenvalue weighted by molar-refractivity contribution is 5.98. The maximum Gasteiger partial charge on any atom is 0.419 e. The molecule has 3 heterocycles. The van der Waals surface area contributed by atoms with Gasteiger partial charge in [-0.05, 0) is 30.9 Å². The number of piperidine rings is 1. The molecule has 2 bridgehead atoms. The maximum absolute atomic E-state index is 13.8. The Labute approximate surface area is 179 Å². The van der Waals surface area contributed by atoms with Gasteiger partial charge in [0.2, 0.25) is 5.95 Å². The van der Waals surface area contributed by atoms with E-state index in [0.717, 1.165) is 25.2 Å². The van der Waals surface area contributed by atoms with Crippen molar-refractivity contribution in [2.45, 2.75) is 31.1 Å². The molecule has 1 saturated carbocycles. The van der Waals surface area contributed by atoms with Crippen LogP contribution in [0.5, 0.6) is 0 Å². The van der Waals surface area contributed by atoms with Gasteiger partial charge < -0.3 is 10.2 Å². The van der Waals surface area contributed by atoms with Crippen LogP contribution in [0.4, 0.5) is 23.5 Å². The van der Waals surface area contributed by atoms with Gasteiger partial charge in [0, 0.05) is 31.0 Å². The summed E-state index contributed by atoms with van der Waals surface area (Å²) in [6.07, 6.45) is 1.31. The Balaban J connectivity index is 1.36. The molecule has 5 rings (SSSR count). The fourth-order valence-electron chi connectivity index (χ4n) is 4.47. The van der Waals surface area contributed by atoms with E-state index in [2.05, 4.69) is 25.5 Å². The predicted octanol–water partition coefficient (Wildman–Crippen LogP) is 2.93. The topological polar surface area (TPSA) is 88.8 Å². The highest BCUT2D eigenvalue weighted by atomic mass is 19.4. The maximum atomic E-state index is 13.8. The van der Waals surface area contributed by atoms with E-state index in [1.54, 1.807) is 4.90 Å². The molecule has 1 saturated heterocycles. The number of amides is 1. The molecule has 1 amide bonds. The average Bonchev–Trinajstić information content (AvgIpc) is 3.50. The van der Waals surface area contributed by atoms with Crippen LogP contribution in [0.1, 0.15) is 28.8 Å². The molecule has 12 heteroatoms. The van der Waals surface area contributed by atoms with E-state index in [1.807, 2.05) is 0 Å². The van der Waals surface area contributed by atoms with Crippen molar-refractivity contribution in [3.8, 4) is 5.69 Å². The summed E-state index contributed by atoms with van der Waals surface area (Å²) in [6.45, 7) is 0.541. The lowest BCUT2D eigenvalue weighted by Gasteiger charge is -2.34. The van der Waals surface area contributed by atoms with E-state index in [1.165, 1.54) is 35.4 Å². The van der Waals surface area contributed by atoms with Crippen molar-refractivity contribution >= 4 is 11.9 Å². The van der Waals surface area contributed by atoms with Crippen molar-refractivity contribution < 1.29 is 22.4 Å². The summed E-state index contributed by atoms with van der Waals surface area (Å²) in [5.74, 6) is -0.491. The van der Waals surface area contributed by atoms with Gasteiger partial charge in [-0.2, -0.15) is 28.2 Å². The molecule has 3 atom stereocenters. The number of benzene rings is 1. The Morgan fingerprint density at radius 1 is 1.09 bits per heavy atom. The minimum absolute atomic E-state index is 0.0751. The Morgan fingerprint density at radius 3 is 2.47 bits per heavy atom. The third-order valence-corrected chi connectivity index (χ3v) is 5.86. The SMILES string of the molecule is O=C(c1ccc(F)cc1-n1nccn1)N1C[C@@H]2C[C@@H](Nc3ncc(C(F)(F)F)cn3)[C@@H]1C2. The largest absolute Gasteiger partial charge is 0.419 e. The molecule has 0 unspecified atom stereocenters. The summed E-state index contributed by atoms with van der Waals surface area (Å²) in [5.41, 5.74) is -0.429. The molecule has 2 aromatic heterocycles. The van der Waals surface area contributed by atoms with Crippen LogP contribution in [0.15, 0.2) is 43.0 Å². The lowest BCUT2D eigenvalue weighted by atomic mass is 10.0. The van der Waals surface area contributed by atoms with Crippen molar-refractivity contribution in [1.82, 2.24) is 29.9 Å². The fraction of sp³-hybridized carbons (Fsp3) is 0.350. The zero-order chi connectivity index (χ0) is 22.5. The van der Waals surface area contributed by atoms with Crippen LogP contribution in [-0.4, -0.2) is 54.4 Å². The van der Waals surface area contributed by atoms with Crippen LogP contribution in [0.25, 0.3) is 5.69 Å². The molecule has 2 fully saturated rings. The number of rotatable bonds is 4. The van der Waals surface area contributed by atoms with E-state index in [4.69, 9.17) is 0 Å². The van der Waals surface area contributed by atoms with E-state index in [9.17, 15) is 22.4 Å². The van der Waals surface area contributed by atoms with Gasteiger partial charge in [-0.15, -0.1) is 0 Å². The monoisotopic (exact) mass is 447 g/mol. The van der Waals surface area contributed by atoms with Gasteiger partial charge in [0.15, 0.2) is 0 Å². The van der Waals surface area contributed by atoms with Crippen molar-refractivity contribution in [2.75, 3.05) is 11.9 Å². The van der Waals surface area contributed by atoms with E-state index in [-0.39, 0.29) is 41.1 Å². The van der Waals surface area contributed by atoms with E-state index < -0.39 is 17.6 Å². The minimum atomic E-state index is -4.51. The Hall–Kier alpha value is -3.57. The minimum Gasteiger partial charge on any atom is -0.349 e. The number of carbonyl (C=O) groups is 1. The molecular weight excluding hydrogens is 430 g/mol. The van der Waals surface area contributed by atoms with Gasteiger partial charge in [-0.25, -0.2) is 14.4 Å². The number of alkyl halides is 3. The smallest absolute Gasteiger partial charge is 0.349 e. The molecule has 1 aliphatic carbocycles. The number of hydrogen-bond donors (Lipinski definition) is 1.